The minimum Gasteiger partial charge on any atom is -0.488 e. The van der Waals surface area contributed by atoms with Gasteiger partial charge >= 0.3 is 6.09 Å². The van der Waals surface area contributed by atoms with Crippen molar-refractivity contribution in [1.82, 2.24) is 19.8 Å². The van der Waals surface area contributed by atoms with Crippen LogP contribution in [-0.2, 0) is 9.53 Å². The van der Waals surface area contributed by atoms with Gasteiger partial charge in [-0.15, -0.1) is 0 Å². The quantitative estimate of drug-likeness (QED) is 0.723. The molecule has 0 spiro atoms. The molecule has 2 amide bonds. The number of piperidine rings is 1. The van der Waals surface area contributed by atoms with Crippen LogP contribution in [0.4, 0.5) is 4.79 Å². The fraction of sp³-hybridized carbons (Fsp3) is 0.583. The smallest absolute Gasteiger partial charge is 0.410 e. The molecule has 172 valence electrons. The molecule has 2 fully saturated rings. The van der Waals surface area contributed by atoms with Gasteiger partial charge in [0.2, 0.25) is 5.91 Å². The van der Waals surface area contributed by atoms with Gasteiger partial charge in [-0.1, -0.05) is 0 Å². The summed E-state index contributed by atoms with van der Waals surface area (Å²) < 4.78 is 11.6. The zero-order valence-corrected chi connectivity index (χ0v) is 19.3. The van der Waals surface area contributed by atoms with Crippen molar-refractivity contribution in [1.29, 1.82) is 0 Å². The zero-order chi connectivity index (χ0) is 22.9. The van der Waals surface area contributed by atoms with Crippen LogP contribution < -0.4 is 4.74 Å². The number of ether oxygens (including phenoxy) is 2. The molecule has 8 heteroatoms. The number of likely N-dealkylation sites (tertiary alicyclic amines) is 2. The summed E-state index contributed by atoms with van der Waals surface area (Å²) in [5.74, 6) is 1.12. The van der Waals surface area contributed by atoms with E-state index in [1.165, 1.54) is 0 Å². The second-order valence-electron chi connectivity index (χ2n) is 9.67. The Morgan fingerprint density at radius 1 is 1.03 bits per heavy atom. The van der Waals surface area contributed by atoms with E-state index < -0.39 is 5.60 Å². The van der Waals surface area contributed by atoms with Gasteiger partial charge in [0, 0.05) is 50.3 Å². The number of carbonyl (C=O) groups is 2. The normalized spacial score (nSPS) is 19.9. The van der Waals surface area contributed by atoms with Crippen molar-refractivity contribution in [3.63, 3.8) is 0 Å². The molecule has 32 heavy (non-hydrogen) atoms. The number of aromatic nitrogens is 2. The number of benzene rings is 1. The first-order valence-corrected chi connectivity index (χ1v) is 11.3. The second-order valence-corrected chi connectivity index (χ2v) is 9.67. The summed E-state index contributed by atoms with van der Waals surface area (Å²) in [4.78, 5) is 36.5. The monoisotopic (exact) mass is 440 g/mol. The molecule has 1 aromatic heterocycles. The summed E-state index contributed by atoms with van der Waals surface area (Å²) in [6.45, 7) is 9.91. The van der Waals surface area contributed by atoms with Gasteiger partial charge in [-0.25, -0.2) is 14.8 Å². The molecule has 0 radical (unpaired) electrons. The Balaban J connectivity index is 1.42. The van der Waals surface area contributed by atoms with E-state index in [1.807, 2.05) is 43.9 Å². The average Bonchev–Trinajstić information content (AvgIpc) is 3.21. The van der Waals surface area contributed by atoms with Crippen molar-refractivity contribution in [2.45, 2.75) is 64.6 Å². The van der Waals surface area contributed by atoms with Crippen LogP contribution in [0.25, 0.3) is 10.9 Å². The first-order chi connectivity index (χ1) is 15.2. The lowest BCUT2D eigenvalue weighted by atomic mass is 9.91. The van der Waals surface area contributed by atoms with Crippen LogP contribution in [0.1, 0.15) is 58.6 Å². The predicted octanol–water partition coefficient (Wildman–Crippen LogP) is 3.74. The van der Waals surface area contributed by atoms with Crippen molar-refractivity contribution < 1.29 is 19.1 Å². The molecule has 4 rings (SSSR count). The number of fused-ring (bicyclic) bond motifs is 1. The Hall–Kier alpha value is -2.90. The molecule has 2 aliphatic rings. The van der Waals surface area contributed by atoms with E-state index in [-0.39, 0.29) is 24.0 Å². The second kappa shape index (κ2) is 8.92. The largest absolute Gasteiger partial charge is 0.488 e. The molecule has 0 N–H and O–H groups in total. The lowest BCUT2D eigenvalue weighted by Crippen LogP contribution is -2.41. The van der Waals surface area contributed by atoms with Crippen LogP contribution in [-0.4, -0.2) is 69.7 Å². The van der Waals surface area contributed by atoms with E-state index in [4.69, 9.17) is 9.47 Å². The van der Waals surface area contributed by atoms with Gasteiger partial charge in [-0.2, -0.15) is 0 Å². The molecular formula is C24H32N4O4. The number of hydrogen-bond donors (Lipinski definition) is 0. The van der Waals surface area contributed by atoms with Gasteiger partial charge in [0.15, 0.2) is 0 Å². The fourth-order valence-electron chi connectivity index (χ4n) is 4.42. The van der Waals surface area contributed by atoms with Gasteiger partial charge in [-0.3, -0.25) is 4.79 Å². The van der Waals surface area contributed by atoms with Crippen molar-refractivity contribution in [2.75, 3.05) is 26.2 Å². The van der Waals surface area contributed by atoms with Crippen LogP contribution in [0.15, 0.2) is 24.5 Å². The average molecular weight is 441 g/mol. The third-order valence-corrected chi connectivity index (χ3v) is 6.07. The van der Waals surface area contributed by atoms with Crippen LogP contribution in [0.5, 0.6) is 5.75 Å². The molecule has 0 saturated carbocycles. The van der Waals surface area contributed by atoms with Crippen LogP contribution in [0.3, 0.4) is 0 Å². The van der Waals surface area contributed by atoms with E-state index in [0.29, 0.717) is 19.6 Å². The summed E-state index contributed by atoms with van der Waals surface area (Å²) in [6, 6.07) is 5.94. The first-order valence-electron chi connectivity index (χ1n) is 11.3. The molecular weight excluding hydrogens is 408 g/mol. The number of amides is 2. The Kier molecular flexibility index (Phi) is 6.22. The highest BCUT2D eigenvalue weighted by atomic mass is 16.6. The van der Waals surface area contributed by atoms with E-state index >= 15 is 0 Å². The molecule has 1 atom stereocenters. The Morgan fingerprint density at radius 3 is 2.41 bits per heavy atom. The first kappa shape index (κ1) is 22.3. The van der Waals surface area contributed by atoms with Gasteiger partial charge in [0.05, 0.1) is 17.8 Å². The molecule has 1 aromatic carbocycles. The van der Waals surface area contributed by atoms with E-state index in [2.05, 4.69) is 9.97 Å². The van der Waals surface area contributed by atoms with E-state index in [1.54, 1.807) is 18.2 Å². The maximum atomic E-state index is 12.3. The standard InChI is InChI=1S/C24H32N4O4/c1-16(29)28-12-9-19(14-28)31-18-5-6-20-21(13-18)25-15-26-22(20)17-7-10-27(11-8-17)23(30)32-24(2,3)4/h5-6,13,15,17,19H,7-12,14H2,1-4H3. The SMILES string of the molecule is CC(=O)N1CCC(Oc2ccc3c(C4CCN(C(=O)OC(C)(C)C)CC4)ncnc3c2)C1. The Bertz CT molecular complexity index is 995. The highest BCUT2D eigenvalue weighted by Gasteiger charge is 2.29. The summed E-state index contributed by atoms with van der Waals surface area (Å²) in [7, 11) is 0. The molecule has 0 bridgehead atoms. The van der Waals surface area contributed by atoms with Crippen molar-refractivity contribution in [3.8, 4) is 5.75 Å². The number of hydrogen-bond acceptors (Lipinski definition) is 6. The van der Waals surface area contributed by atoms with Crippen molar-refractivity contribution >= 4 is 22.9 Å². The predicted molar refractivity (Wildman–Crippen MR) is 121 cm³/mol. The molecule has 3 heterocycles. The van der Waals surface area contributed by atoms with E-state index in [0.717, 1.165) is 48.2 Å². The Labute approximate surface area is 188 Å². The summed E-state index contributed by atoms with van der Waals surface area (Å²) >= 11 is 0. The highest BCUT2D eigenvalue weighted by Crippen LogP contribution is 2.33. The molecule has 2 aromatic rings. The zero-order valence-electron chi connectivity index (χ0n) is 19.3. The van der Waals surface area contributed by atoms with Gasteiger partial charge in [0.25, 0.3) is 0 Å². The highest BCUT2D eigenvalue weighted by molar-refractivity contribution is 5.82. The van der Waals surface area contributed by atoms with Crippen LogP contribution in [0.2, 0.25) is 0 Å². The molecule has 8 nitrogen and oxygen atoms in total. The maximum absolute atomic E-state index is 12.3. The van der Waals surface area contributed by atoms with Gasteiger partial charge in [0.1, 0.15) is 23.8 Å². The fourth-order valence-corrected chi connectivity index (χ4v) is 4.42. The summed E-state index contributed by atoms with van der Waals surface area (Å²) in [6.07, 6.45) is 3.88. The van der Waals surface area contributed by atoms with Crippen LogP contribution in [0, 0.1) is 0 Å². The van der Waals surface area contributed by atoms with E-state index in [9.17, 15) is 9.59 Å². The lowest BCUT2D eigenvalue weighted by molar-refractivity contribution is -0.128. The topological polar surface area (TPSA) is 84.9 Å². The van der Waals surface area contributed by atoms with Crippen molar-refractivity contribution in [2.24, 2.45) is 0 Å². The summed E-state index contributed by atoms with van der Waals surface area (Å²) in [5, 5.41) is 1.02. The number of nitrogens with zero attached hydrogens (tertiary/aromatic N) is 4. The van der Waals surface area contributed by atoms with Gasteiger partial charge < -0.3 is 19.3 Å². The molecule has 2 saturated heterocycles. The van der Waals surface area contributed by atoms with Crippen molar-refractivity contribution in [3.05, 3.63) is 30.2 Å². The third kappa shape index (κ3) is 5.11. The summed E-state index contributed by atoms with van der Waals surface area (Å²) in [5.41, 5.74) is 1.39. The number of carbonyl (C=O) groups excluding carboxylic acids is 2. The lowest BCUT2D eigenvalue weighted by Gasteiger charge is -2.33. The van der Waals surface area contributed by atoms with Gasteiger partial charge in [-0.05, 0) is 45.7 Å². The Morgan fingerprint density at radius 2 is 1.75 bits per heavy atom. The third-order valence-electron chi connectivity index (χ3n) is 6.07. The minimum atomic E-state index is -0.487. The minimum absolute atomic E-state index is 0.00911. The maximum Gasteiger partial charge on any atom is 0.410 e. The molecule has 1 unspecified atom stereocenters. The number of rotatable bonds is 3. The van der Waals surface area contributed by atoms with Crippen LogP contribution >= 0.6 is 0 Å². The molecule has 2 aliphatic heterocycles. The molecule has 0 aliphatic carbocycles.